The van der Waals surface area contributed by atoms with E-state index >= 15 is 0 Å². The highest BCUT2D eigenvalue weighted by atomic mass is 15.3. The van der Waals surface area contributed by atoms with Gasteiger partial charge in [-0.3, -0.25) is 4.90 Å². The number of rotatable bonds is 7. The second-order valence-electron chi connectivity index (χ2n) is 10.0. The van der Waals surface area contributed by atoms with Crippen LogP contribution >= 0.6 is 0 Å². The van der Waals surface area contributed by atoms with E-state index in [1.54, 1.807) is 0 Å². The highest BCUT2D eigenvalue weighted by Crippen LogP contribution is 2.35. The number of hydrogen-bond acceptors (Lipinski definition) is 2. The van der Waals surface area contributed by atoms with E-state index in [4.69, 9.17) is 0 Å². The minimum Gasteiger partial charge on any atom is -0.300 e. The van der Waals surface area contributed by atoms with Crippen molar-refractivity contribution in [3.63, 3.8) is 0 Å². The third-order valence-electron chi connectivity index (χ3n) is 6.53. The van der Waals surface area contributed by atoms with E-state index in [0.29, 0.717) is 11.6 Å². The fourth-order valence-electron chi connectivity index (χ4n) is 5.44. The molecule has 0 amide bonds. The van der Waals surface area contributed by atoms with Crippen LogP contribution in [0, 0.1) is 17.8 Å². The van der Waals surface area contributed by atoms with Crippen LogP contribution in [0.2, 0.25) is 0 Å². The Kier molecular flexibility index (Phi) is 7.61. The molecule has 2 heteroatoms. The molecular formula is C22H44N2. The summed E-state index contributed by atoms with van der Waals surface area (Å²) >= 11 is 0. The maximum absolute atomic E-state index is 2.73. The molecule has 0 aromatic rings. The topological polar surface area (TPSA) is 6.48 Å². The average Bonchev–Trinajstić information content (AvgIpc) is 2.47. The third kappa shape index (κ3) is 6.02. The van der Waals surface area contributed by atoms with E-state index in [1.165, 1.54) is 71.1 Å². The summed E-state index contributed by atoms with van der Waals surface area (Å²) in [6, 6.07) is 0.670. The Labute approximate surface area is 152 Å². The summed E-state index contributed by atoms with van der Waals surface area (Å²) in [5.74, 6) is 2.95. The Bertz CT molecular complexity index is 353. The lowest BCUT2D eigenvalue weighted by molar-refractivity contribution is -0.00241. The van der Waals surface area contributed by atoms with Gasteiger partial charge in [0.15, 0.2) is 0 Å². The van der Waals surface area contributed by atoms with Gasteiger partial charge < -0.3 is 4.90 Å². The van der Waals surface area contributed by atoms with Crippen molar-refractivity contribution < 1.29 is 0 Å². The maximum atomic E-state index is 2.73. The van der Waals surface area contributed by atoms with Crippen molar-refractivity contribution in [2.75, 3.05) is 26.2 Å². The van der Waals surface area contributed by atoms with Gasteiger partial charge in [-0.1, -0.05) is 39.5 Å². The van der Waals surface area contributed by atoms with Crippen LogP contribution in [0.3, 0.4) is 0 Å². The van der Waals surface area contributed by atoms with Crippen molar-refractivity contribution in [1.82, 2.24) is 9.80 Å². The van der Waals surface area contributed by atoms with Crippen molar-refractivity contribution in [3.05, 3.63) is 0 Å². The molecule has 1 aliphatic heterocycles. The Morgan fingerprint density at radius 1 is 0.917 bits per heavy atom. The van der Waals surface area contributed by atoms with Gasteiger partial charge in [-0.25, -0.2) is 0 Å². The highest BCUT2D eigenvalue weighted by molar-refractivity contribution is 4.91. The molecule has 0 N–H and O–H groups in total. The normalized spacial score (nSPS) is 29.5. The molecule has 0 radical (unpaired) electrons. The molecule has 2 nitrogen and oxygen atoms in total. The van der Waals surface area contributed by atoms with E-state index in [0.717, 1.165) is 17.8 Å². The molecule has 0 unspecified atom stereocenters. The molecular weight excluding hydrogens is 292 g/mol. The van der Waals surface area contributed by atoms with Crippen LogP contribution in [0.15, 0.2) is 0 Å². The van der Waals surface area contributed by atoms with Gasteiger partial charge >= 0.3 is 0 Å². The lowest BCUT2D eigenvalue weighted by Crippen LogP contribution is -2.61. The molecule has 142 valence electrons. The minimum absolute atomic E-state index is 0.335. The summed E-state index contributed by atoms with van der Waals surface area (Å²) in [7, 11) is 0. The highest BCUT2D eigenvalue weighted by Gasteiger charge is 2.34. The molecule has 1 heterocycles. The maximum Gasteiger partial charge on any atom is 0.0283 e. The molecule has 0 spiro atoms. The van der Waals surface area contributed by atoms with Crippen molar-refractivity contribution in [3.8, 4) is 0 Å². The van der Waals surface area contributed by atoms with Gasteiger partial charge in [-0.2, -0.15) is 0 Å². The van der Waals surface area contributed by atoms with E-state index in [9.17, 15) is 0 Å². The van der Waals surface area contributed by atoms with Gasteiger partial charge in [-0.05, 0) is 71.3 Å². The zero-order valence-electron chi connectivity index (χ0n) is 17.5. The van der Waals surface area contributed by atoms with Gasteiger partial charge in [-0.15, -0.1) is 0 Å². The molecule has 0 aromatic heterocycles. The van der Waals surface area contributed by atoms with Crippen LogP contribution in [-0.4, -0.2) is 47.6 Å². The molecule has 1 aliphatic carbocycles. The molecule has 2 rings (SSSR count). The summed E-state index contributed by atoms with van der Waals surface area (Å²) in [5, 5.41) is 0. The Hall–Kier alpha value is -0.0800. The second-order valence-corrected chi connectivity index (χ2v) is 10.0. The van der Waals surface area contributed by atoms with Crippen LogP contribution < -0.4 is 0 Å². The molecule has 1 saturated heterocycles. The van der Waals surface area contributed by atoms with Gasteiger partial charge in [0, 0.05) is 31.2 Å². The zero-order valence-corrected chi connectivity index (χ0v) is 17.5. The molecule has 2 aliphatic rings. The Balaban J connectivity index is 1.63. The zero-order chi connectivity index (χ0) is 17.7. The lowest BCUT2D eigenvalue weighted by Gasteiger charge is -2.49. The number of hydrogen-bond donors (Lipinski definition) is 0. The monoisotopic (exact) mass is 336 g/mol. The van der Waals surface area contributed by atoms with Crippen molar-refractivity contribution in [1.29, 1.82) is 0 Å². The summed E-state index contributed by atoms with van der Waals surface area (Å²) in [6.45, 7) is 19.4. The van der Waals surface area contributed by atoms with Crippen LogP contribution in [-0.2, 0) is 0 Å². The van der Waals surface area contributed by atoms with Crippen molar-refractivity contribution in [2.24, 2.45) is 17.8 Å². The summed E-state index contributed by atoms with van der Waals surface area (Å²) < 4.78 is 0. The van der Waals surface area contributed by atoms with Crippen LogP contribution in [0.5, 0.6) is 0 Å². The van der Waals surface area contributed by atoms with Gasteiger partial charge in [0.1, 0.15) is 0 Å². The summed E-state index contributed by atoms with van der Waals surface area (Å²) in [4.78, 5) is 5.41. The van der Waals surface area contributed by atoms with Gasteiger partial charge in [0.2, 0.25) is 0 Å². The van der Waals surface area contributed by atoms with Crippen LogP contribution in [0.1, 0.15) is 86.5 Å². The number of nitrogens with zero attached hydrogens (tertiary/aromatic N) is 2. The standard InChI is InChI=1S/C22H44N2/c1-18(2)16-21-11-9-20(10-12-21)8-7-13-23-14-15-24(19(3)4)22(5,6)17-23/h18-21H,7-17H2,1-6H3. The SMILES string of the molecule is CC(C)CC1CCC(CCCN2CCN(C(C)C)C(C)(C)C2)CC1. The third-order valence-corrected chi connectivity index (χ3v) is 6.53. The van der Waals surface area contributed by atoms with Crippen molar-refractivity contribution in [2.45, 2.75) is 98.1 Å². The fraction of sp³-hybridized carbons (Fsp3) is 1.00. The molecule has 0 aromatic carbocycles. The van der Waals surface area contributed by atoms with Gasteiger partial charge in [0.25, 0.3) is 0 Å². The molecule has 2 fully saturated rings. The van der Waals surface area contributed by atoms with Gasteiger partial charge in [0.05, 0.1) is 0 Å². The van der Waals surface area contributed by atoms with E-state index in [-0.39, 0.29) is 0 Å². The smallest absolute Gasteiger partial charge is 0.0283 e. The quantitative estimate of drug-likeness (QED) is 0.612. The summed E-state index contributed by atoms with van der Waals surface area (Å²) in [5.41, 5.74) is 0.335. The molecule has 24 heavy (non-hydrogen) atoms. The summed E-state index contributed by atoms with van der Waals surface area (Å²) in [6.07, 6.45) is 10.4. The van der Waals surface area contributed by atoms with E-state index in [1.807, 2.05) is 0 Å². The average molecular weight is 337 g/mol. The predicted octanol–water partition coefficient (Wildman–Crippen LogP) is 5.42. The Morgan fingerprint density at radius 3 is 2.08 bits per heavy atom. The van der Waals surface area contributed by atoms with Crippen molar-refractivity contribution >= 4 is 0 Å². The van der Waals surface area contributed by atoms with Crippen LogP contribution in [0.4, 0.5) is 0 Å². The fourth-order valence-corrected chi connectivity index (χ4v) is 5.44. The minimum atomic E-state index is 0.335. The second kappa shape index (κ2) is 9.03. The first kappa shape index (κ1) is 20.2. The van der Waals surface area contributed by atoms with E-state index in [2.05, 4.69) is 51.3 Å². The largest absolute Gasteiger partial charge is 0.300 e. The Morgan fingerprint density at radius 2 is 1.54 bits per heavy atom. The van der Waals surface area contributed by atoms with E-state index < -0.39 is 0 Å². The number of piperazine rings is 1. The molecule has 0 atom stereocenters. The molecule has 1 saturated carbocycles. The first-order valence-electron chi connectivity index (χ1n) is 10.8. The lowest BCUT2D eigenvalue weighted by atomic mass is 9.77. The molecule has 0 bridgehead atoms. The first-order chi connectivity index (χ1) is 11.3. The van der Waals surface area contributed by atoms with Crippen LogP contribution in [0.25, 0.3) is 0 Å². The first-order valence-corrected chi connectivity index (χ1v) is 10.8. The predicted molar refractivity (Wildman–Crippen MR) is 106 cm³/mol.